The predicted octanol–water partition coefficient (Wildman–Crippen LogP) is 1.20. The zero-order chi connectivity index (χ0) is 17.5. The van der Waals surface area contributed by atoms with Crippen molar-refractivity contribution in [3.8, 4) is 0 Å². The highest BCUT2D eigenvalue weighted by Crippen LogP contribution is 2.26. The van der Waals surface area contributed by atoms with E-state index >= 15 is 0 Å². The molecule has 6 heteroatoms. The van der Waals surface area contributed by atoms with Crippen molar-refractivity contribution in [1.82, 2.24) is 14.7 Å². The monoisotopic (exact) mass is 339 g/mol. The Labute approximate surface area is 146 Å². The van der Waals surface area contributed by atoms with Gasteiger partial charge in [-0.2, -0.15) is 0 Å². The van der Waals surface area contributed by atoms with Gasteiger partial charge in [0.05, 0.1) is 12.6 Å². The lowest BCUT2D eigenvalue weighted by Gasteiger charge is -2.29. The van der Waals surface area contributed by atoms with Crippen molar-refractivity contribution in [2.24, 2.45) is 5.92 Å². The third-order valence-corrected chi connectivity index (χ3v) is 5.25. The Bertz CT molecular complexity index is 428. The highest BCUT2D eigenvalue weighted by Gasteiger charge is 2.25. The van der Waals surface area contributed by atoms with Crippen LogP contribution in [0.3, 0.4) is 0 Å². The van der Waals surface area contributed by atoms with Crippen LogP contribution in [0, 0.1) is 5.92 Å². The second kappa shape index (κ2) is 9.37. The van der Waals surface area contributed by atoms with Crippen molar-refractivity contribution >= 4 is 11.8 Å². The van der Waals surface area contributed by atoms with E-state index < -0.39 is 0 Å². The molecule has 0 aromatic carbocycles. The van der Waals surface area contributed by atoms with E-state index in [1.165, 1.54) is 19.3 Å². The standard InChI is InChI=1S/C18H33N3O3/c1-15-7-4-5-8-16(15)24-14-18(23)21-10-6-9-20(11-12-21)13-17(22)19(2)3/h15-16H,4-14H2,1-3H3/t15-,16-/m0/s1. The van der Waals surface area contributed by atoms with Crippen molar-refractivity contribution in [3.63, 3.8) is 0 Å². The molecule has 138 valence electrons. The molecule has 2 atom stereocenters. The van der Waals surface area contributed by atoms with E-state index in [4.69, 9.17) is 4.74 Å². The highest BCUT2D eigenvalue weighted by atomic mass is 16.5. The molecule has 1 saturated carbocycles. The van der Waals surface area contributed by atoms with Gasteiger partial charge >= 0.3 is 0 Å². The van der Waals surface area contributed by atoms with Gasteiger partial charge in [0.1, 0.15) is 6.61 Å². The summed E-state index contributed by atoms with van der Waals surface area (Å²) in [6, 6.07) is 0. The molecular formula is C18H33N3O3. The zero-order valence-corrected chi connectivity index (χ0v) is 15.5. The van der Waals surface area contributed by atoms with Crippen molar-refractivity contribution in [1.29, 1.82) is 0 Å². The number of amides is 2. The lowest BCUT2D eigenvalue weighted by molar-refractivity contribution is -0.139. The average Bonchev–Trinajstić information content (AvgIpc) is 2.79. The summed E-state index contributed by atoms with van der Waals surface area (Å²) in [4.78, 5) is 29.9. The molecule has 6 nitrogen and oxygen atoms in total. The summed E-state index contributed by atoms with van der Waals surface area (Å²) >= 11 is 0. The molecule has 2 rings (SSSR count). The van der Waals surface area contributed by atoms with Gasteiger partial charge in [-0.3, -0.25) is 14.5 Å². The van der Waals surface area contributed by atoms with E-state index in [9.17, 15) is 9.59 Å². The number of likely N-dealkylation sites (N-methyl/N-ethyl adjacent to an activating group) is 1. The Morgan fingerprint density at radius 1 is 1.04 bits per heavy atom. The van der Waals surface area contributed by atoms with Crippen LogP contribution >= 0.6 is 0 Å². The normalized spacial score (nSPS) is 26.0. The largest absolute Gasteiger partial charge is 0.368 e. The van der Waals surface area contributed by atoms with Crippen LogP contribution in [0.2, 0.25) is 0 Å². The molecule has 1 aliphatic carbocycles. The molecule has 0 aromatic heterocycles. The van der Waals surface area contributed by atoms with Gasteiger partial charge in [0.2, 0.25) is 11.8 Å². The van der Waals surface area contributed by atoms with Crippen LogP contribution in [0.5, 0.6) is 0 Å². The predicted molar refractivity (Wildman–Crippen MR) is 93.7 cm³/mol. The quantitative estimate of drug-likeness (QED) is 0.755. The van der Waals surface area contributed by atoms with Gasteiger partial charge < -0.3 is 14.5 Å². The molecule has 2 amide bonds. The Morgan fingerprint density at radius 2 is 1.79 bits per heavy atom. The van der Waals surface area contributed by atoms with Gasteiger partial charge in [0.15, 0.2) is 0 Å². The van der Waals surface area contributed by atoms with Crippen LogP contribution < -0.4 is 0 Å². The first-order valence-electron chi connectivity index (χ1n) is 9.29. The average molecular weight is 339 g/mol. The number of hydrogen-bond acceptors (Lipinski definition) is 4. The van der Waals surface area contributed by atoms with E-state index in [-0.39, 0.29) is 24.5 Å². The topological polar surface area (TPSA) is 53.1 Å². The Morgan fingerprint density at radius 3 is 2.50 bits per heavy atom. The summed E-state index contributed by atoms with van der Waals surface area (Å²) < 4.78 is 5.91. The number of hydrogen-bond donors (Lipinski definition) is 0. The van der Waals surface area contributed by atoms with Gasteiger partial charge in [-0.25, -0.2) is 0 Å². The van der Waals surface area contributed by atoms with Crippen molar-refractivity contribution < 1.29 is 14.3 Å². The second-order valence-corrected chi connectivity index (χ2v) is 7.41. The molecule has 0 aromatic rings. The number of ether oxygens (including phenoxy) is 1. The maximum Gasteiger partial charge on any atom is 0.248 e. The molecule has 0 spiro atoms. The van der Waals surface area contributed by atoms with E-state index in [0.717, 1.165) is 32.5 Å². The van der Waals surface area contributed by atoms with Crippen LogP contribution in [0.1, 0.15) is 39.0 Å². The smallest absolute Gasteiger partial charge is 0.248 e. The van der Waals surface area contributed by atoms with E-state index in [1.54, 1.807) is 19.0 Å². The molecule has 2 aliphatic rings. The number of carbonyl (C=O) groups excluding carboxylic acids is 2. The minimum Gasteiger partial charge on any atom is -0.368 e. The molecule has 24 heavy (non-hydrogen) atoms. The fourth-order valence-electron chi connectivity index (χ4n) is 3.51. The van der Waals surface area contributed by atoms with Gasteiger partial charge in [-0.15, -0.1) is 0 Å². The van der Waals surface area contributed by atoms with Crippen molar-refractivity contribution in [2.75, 3.05) is 53.4 Å². The Kier molecular flexibility index (Phi) is 7.49. The first-order valence-corrected chi connectivity index (χ1v) is 9.29. The first-order chi connectivity index (χ1) is 11.5. The summed E-state index contributed by atoms with van der Waals surface area (Å²) in [6.07, 6.45) is 5.92. The van der Waals surface area contributed by atoms with Crippen molar-refractivity contribution in [2.45, 2.75) is 45.1 Å². The summed E-state index contributed by atoms with van der Waals surface area (Å²) in [5.41, 5.74) is 0. The Hall–Kier alpha value is -1.14. The molecule has 1 heterocycles. The zero-order valence-electron chi connectivity index (χ0n) is 15.5. The first kappa shape index (κ1) is 19.2. The summed E-state index contributed by atoms with van der Waals surface area (Å²) in [7, 11) is 3.55. The van der Waals surface area contributed by atoms with E-state index in [0.29, 0.717) is 19.0 Å². The van der Waals surface area contributed by atoms with Gasteiger partial charge in [0, 0.05) is 40.3 Å². The van der Waals surface area contributed by atoms with Crippen LogP contribution in [0.15, 0.2) is 0 Å². The molecule has 0 N–H and O–H groups in total. The minimum atomic E-state index is 0.0913. The highest BCUT2D eigenvalue weighted by molar-refractivity contribution is 5.78. The van der Waals surface area contributed by atoms with Crippen LogP contribution in [-0.4, -0.2) is 86.0 Å². The molecule has 0 unspecified atom stereocenters. The fraction of sp³-hybridized carbons (Fsp3) is 0.889. The molecule has 1 saturated heterocycles. The fourth-order valence-corrected chi connectivity index (χ4v) is 3.51. The van der Waals surface area contributed by atoms with Crippen LogP contribution in [-0.2, 0) is 14.3 Å². The molecule has 1 aliphatic heterocycles. The van der Waals surface area contributed by atoms with Crippen LogP contribution in [0.4, 0.5) is 0 Å². The molecular weight excluding hydrogens is 306 g/mol. The summed E-state index contributed by atoms with van der Waals surface area (Å²) in [5, 5.41) is 0. The number of rotatable bonds is 5. The Balaban J connectivity index is 1.74. The summed E-state index contributed by atoms with van der Waals surface area (Å²) in [5.74, 6) is 0.765. The van der Waals surface area contributed by atoms with Gasteiger partial charge in [0.25, 0.3) is 0 Å². The van der Waals surface area contributed by atoms with Gasteiger partial charge in [-0.05, 0) is 25.2 Å². The second-order valence-electron chi connectivity index (χ2n) is 7.41. The van der Waals surface area contributed by atoms with Gasteiger partial charge in [-0.1, -0.05) is 19.8 Å². The SMILES string of the molecule is C[C@H]1CCCC[C@@H]1OCC(=O)N1CCCN(CC(=O)N(C)C)CC1. The third kappa shape index (κ3) is 5.74. The van der Waals surface area contributed by atoms with Crippen LogP contribution in [0.25, 0.3) is 0 Å². The maximum absolute atomic E-state index is 12.4. The molecule has 0 bridgehead atoms. The molecule has 2 fully saturated rings. The number of carbonyl (C=O) groups is 2. The van der Waals surface area contributed by atoms with E-state index in [1.807, 2.05) is 4.90 Å². The van der Waals surface area contributed by atoms with Crippen molar-refractivity contribution in [3.05, 3.63) is 0 Å². The molecule has 0 radical (unpaired) electrons. The third-order valence-electron chi connectivity index (χ3n) is 5.25. The number of nitrogens with zero attached hydrogens (tertiary/aromatic N) is 3. The minimum absolute atomic E-state index is 0.0913. The van der Waals surface area contributed by atoms with E-state index in [2.05, 4.69) is 11.8 Å². The lowest BCUT2D eigenvalue weighted by atomic mass is 9.88. The lowest BCUT2D eigenvalue weighted by Crippen LogP contribution is -2.41. The maximum atomic E-state index is 12.4. The summed E-state index contributed by atoms with van der Waals surface area (Å²) in [6.45, 7) is 5.92.